The van der Waals surface area contributed by atoms with Crippen molar-refractivity contribution >= 4 is 34.5 Å². The summed E-state index contributed by atoms with van der Waals surface area (Å²) in [5, 5.41) is 16.5. The summed E-state index contributed by atoms with van der Waals surface area (Å²) in [6.07, 6.45) is 8.42. The van der Waals surface area contributed by atoms with Gasteiger partial charge in [0.25, 0.3) is 0 Å². The summed E-state index contributed by atoms with van der Waals surface area (Å²) in [5.74, 6) is 3.44. The highest BCUT2D eigenvalue weighted by atomic mass is 35.5. The molecule has 4 aliphatic rings. The molecule has 1 heterocycles. The molecule has 4 nitrogen and oxygen atoms in total. The Kier molecular flexibility index (Phi) is 5.03. The van der Waals surface area contributed by atoms with Crippen molar-refractivity contribution in [2.75, 3.05) is 10.6 Å². The van der Waals surface area contributed by atoms with Crippen molar-refractivity contribution in [1.82, 2.24) is 4.98 Å². The molecule has 0 unspecified atom stereocenters. The van der Waals surface area contributed by atoms with E-state index in [1.165, 1.54) is 44.1 Å². The smallest absolute Gasteiger partial charge is 0.142 e. The Morgan fingerprint density at radius 2 is 1.48 bits per heavy atom. The molecule has 2 aromatic carbocycles. The zero-order chi connectivity index (χ0) is 22.4. The molecule has 0 atom stereocenters. The molecule has 0 radical (unpaired) electrons. The summed E-state index contributed by atoms with van der Waals surface area (Å²) >= 11 is 6.78. The van der Waals surface area contributed by atoms with Gasteiger partial charge in [0.05, 0.1) is 10.7 Å². The number of pyridine rings is 1. The van der Waals surface area contributed by atoms with Crippen LogP contribution in [0.3, 0.4) is 0 Å². The van der Waals surface area contributed by atoms with E-state index in [0.717, 1.165) is 39.8 Å². The molecular weight excluding hydrogens is 428 g/mol. The van der Waals surface area contributed by atoms with Crippen molar-refractivity contribution in [2.45, 2.75) is 43.9 Å². The van der Waals surface area contributed by atoms with E-state index in [1.807, 2.05) is 36.4 Å². The Morgan fingerprint density at radius 1 is 0.848 bits per heavy atom. The predicted octanol–water partition coefficient (Wildman–Crippen LogP) is 7.56. The first kappa shape index (κ1) is 20.6. The first-order valence-electron chi connectivity index (χ1n) is 11.9. The van der Waals surface area contributed by atoms with Gasteiger partial charge in [0.15, 0.2) is 0 Å². The molecule has 4 saturated carbocycles. The van der Waals surface area contributed by atoms with Gasteiger partial charge in [0, 0.05) is 11.4 Å². The number of aromatic nitrogens is 1. The van der Waals surface area contributed by atoms with Crippen molar-refractivity contribution in [3.63, 3.8) is 0 Å². The molecule has 1 aromatic heterocycles. The molecule has 7 rings (SSSR count). The van der Waals surface area contributed by atoms with Gasteiger partial charge >= 0.3 is 0 Å². The van der Waals surface area contributed by atoms with Crippen molar-refractivity contribution in [1.29, 1.82) is 5.26 Å². The highest BCUT2D eigenvalue weighted by Gasteiger charge is 2.51. The molecule has 4 fully saturated rings. The Bertz CT molecular complexity index is 1190. The van der Waals surface area contributed by atoms with Crippen LogP contribution in [0.15, 0.2) is 60.7 Å². The number of anilines is 4. The van der Waals surface area contributed by atoms with E-state index >= 15 is 0 Å². The summed E-state index contributed by atoms with van der Waals surface area (Å²) in [6, 6.07) is 22.1. The predicted molar refractivity (Wildman–Crippen MR) is 133 cm³/mol. The molecule has 4 bridgehead atoms. The van der Waals surface area contributed by atoms with Crippen LogP contribution in [-0.4, -0.2) is 4.98 Å². The molecule has 5 heteroatoms. The van der Waals surface area contributed by atoms with Crippen LogP contribution in [0.1, 0.15) is 49.8 Å². The normalized spacial score (nSPS) is 27.2. The fourth-order valence-electron chi connectivity index (χ4n) is 6.92. The van der Waals surface area contributed by atoms with Gasteiger partial charge in [0.2, 0.25) is 0 Å². The lowest BCUT2D eigenvalue weighted by Crippen LogP contribution is -2.48. The van der Waals surface area contributed by atoms with Crippen molar-refractivity contribution in [2.24, 2.45) is 17.8 Å². The summed E-state index contributed by atoms with van der Waals surface area (Å²) in [6.45, 7) is 0. The maximum absolute atomic E-state index is 9.02. The van der Waals surface area contributed by atoms with Crippen LogP contribution in [0.25, 0.3) is 0 Å². The number of nitrogens with one attached hydrogen (secondary N) is 2. The van der Waals surface area contributed by atoms with E-state index in [0.29, 0.717) is 16.9 Å². The lowest BCUT2D eigenvalue weighted by atomic mass is 9.48. The van der Waals surface area contributed by atoms with Gasteiger partial charge in [-0.1, -0.05) is 23.7 Å². The lowest BCUT2D eigenvalue weighted by Gasteiger charge is -2.57. The van der Waals surface area contributed by atoms with Gasteiger partial charge in [0.1, 0.15) is 17.6 Å². The standard InChI is InChI=1S/C28H27ClN4/c29-25-13-21(28-14-18-10-19(15-28)12-20(11-18)16-28)4-9-26(25)31-22-5-7-23(8-6-22)32-27-3-1-2-24(17-30)33-27/h1-9,13,18-20,31H,10-12,14-16H2,(H,32,33). The number of hydrogen-bond donors (Lipinski definition) is 2. The second-order valence-corrected chi connectivity index (χ2v) is 10.6. The maximum atomic E-state index is 9.02. The minimum absolute atomic E-state index is 0.362. The van der Waals surface area contributed by atoms with E-state index in [2.05, 4.69) is 39.9 Å². The molecule has 166 valence electrons. The van der Waals surface area contributed by atoms with Crippen LogP contribution in [0.2, 0.25) is 5.02 Å². The summed E-state index contributed by atoms with van der Waals surface area (Å²) < 4.78 is 0. The zero-order valence-electron chi connectivity index (χ0n) is 18.5. The first-order valence-corrected chi connectivity index (χ1v) is 12.3. The third-order valence-corrected chi connectivity index (χ3v) is 8.23. The van der Waals surface area contributed by atoms with Gasteiger partial charge in [-0.2, -0.15) is 5.26 Å². The third kappa shape index (κ3) is 3.96. The number of nitriles is 1. The van der Waals surface area contributed by atoms with Gasteiger partial charge in [-0.15, -0.1) is 0 Å². The largest absolute Gasteiger partial charge is 0.354 e. The average molecular weight is 455 g/mol. The number of rotatable bonds is 5. The lowest BCUT2D eigenvalue weighted by molar-refractivity contribution is -0.00517. The quantitative estimate of drug-likeness (QED) is 0.417. The first-order chi connectivity index (χ1) is 16.1. The van der Waals surface area contributed by atoms with E-state index in [-0.39, 0.29) is 0 Å². The van der Waals surface area contributed by atoms with Crippen LogP contribution in [0.5, 0.6) is 0 Å². The SMILES string of the molecule is N#Cc1cccc(Nc2ccc(Nc3ccc(C45CC6CC(CC(C6)C4)C5)cc3Cl)cc2)n1. The maximum Gasteiger partial charge on any atom is 0.142 e. The average Bonchev–Trinajstić information content (AvgIpc) is 2.81. The zero-order valence-corrected chi connectivity index (χ0v) is 19.3. The van der Waals surface area contributed by atoms with E-state index in [1.54, 1.807) is 6.07 Å². The molecule has 2 N–H and O–H groups in total. The summed E-state index contributed by atoms with van der Waals surface area (Å²) in [4.78, 5) is 4.26. The summed E-state index contributed by atoms with van der Waals surface area (Å²) in [5.41, 5.74) is 5.03. The number of nitrogens with zero attached hydrogens (tertiary/aromatic N) is 2. The van der Waals surface area contributed by atoms with Gasteiger partial charge in [-0.25, -0.2) is 4.98 Å². The third-order valence-electron chi connectivity index (χ3n) is 7.92. The number of halogens is 1. The Balaban J connectivity index is 1.16. The van der Waals surface area contributed by atoms with Gasteiger partial charge in [-0.3, -0.25) is 0 Å². The fraction of sp³-hybridized carbons (Fsp3) is 0.357. The van der Waals surface area contributed by atoms with E-state index in [9.17, 15) is 0 Å². The van der Waals surface area contributed by atoms with Crippen LogP contribution in [0, 0.1) is 29.1 Å². The minimum atomic E-state index is 0.362. The molecule has 33 heavy (non-hydrogen) atoms. The number of hydrogen-bond acceptors (Lipinski definition) is 4. The molecule has 4 aliphatic carbocycles. The molecular formula is C28H27ClN4. The van der Waals surface area contributed by atoms with Crippen LogP contribution < -0.4 is 10.6 Å². The topological polar surface area (TPSA) is 60.7 Å². The highest BCUT2D eigenvalue weighted by molar-refractivity contribution is 6.33. The van der Waals surface area contributed by atoms with Gasteiger partial charge in [-0.05, 0) is 116 Å². The number of benzene rings is 2. The molecule has 0 amide bonds. The van der Waals surface area contributed by atoms with Crippen LogP contribution in [0.4, 0.5) is 22.9 Å². The van der Waals surface area contributed by atoms with Crippen molar-refractivity contribution in [3.8, 4) is 6.07 Å². The van der Waals surface area contributed by atoms with Crippen LogP contribution >= 0.6 is 11.6 Å². The monoisotopic (exact) mass is 454 g/mol. The van der Waals surface area contributed by atoms with Crippen molar-refractivity contribution < 1.29 is 0 Å². The Morgan fingerprint density at radius 3 is 2.09 bits per heavy atom. The van der Waals surface area contributed by atoms with Crippen LogP contribution in [-0.2, 0) is 5.41 Å². The molecule has 0 saturated heterocycles. The summed E-state index contributed by atoms with van der Waals surface area (Å²) in [7, 11) is 0. The highest BCUT2D eigenvalue weighted by Crippen LogP contribution is 2.61. The Labute approximate surface area is 200 Å². The molecule has 0 aliphatic heterocycles. The second kappa shape index (κ2) is 8.08. The van der Waals surface area contributed by atoms with E-state index < -0.39 is 0 Å². The molecule has 0 spiro atoms. The Hall–Kier alpha value is -3.03. The minimum Gasteiger partial charge on any atom is -0.354 e. The fourth-order valence-corrected chi connectivity index (χ4v) is 7.15. The van der Waals surface area contributed by atoms with Gasteiger partial charge < -0.3 is 10.6 Å². The molecule has 3 aromatic rings. The second-order valence-electron chi connectivity index (χ2n) is 10.2. The van der Waals surface area contributed by atoms with Crippen molar-refractivity contribution in [3.05, 3.63) is 76.9 Å². The van der Waals surface area contributed by atoms with E-state index in [4.69, 9.17) is 16.9 Å².